The fourth-order valence-corrected chi connectivity index (χ4v) is 9.07. The minimum absolute atomic E-state index is 0.120. The van der Waals surface area contributed by atoms with Gasteiger partial charge < -0.3 is 34.9 Å². The van der Waals surface area contributed by atoms with Crippen molar-refractivity contribution < 1.29 is 19.3 Å². The smallest absolute Gasteiger partial charge is 0.323 e. The standard InChI is InChI=1S/C27H36N8O4S2/c1-25(36)12-34(6-9-38-16-25)22-30-23(35-14-27(15-35)20-18(10-28)21(29)41-19(20)11-40-27)32-24(31-22)39-17-26(2-3-26)13-33-4-7-37-8-5-33/h36H,2-9,11-17,29H2,1H3. The maximum atomic E-state index is 10.8. The zero-order valence-corrected chi connectivity index (χ0v) is 24.9. The van der Waals surface area contributed by atoms with Crippen molar-refractivity contribution in [2.75, 3.05) is 94.4 Å². The summed E-state index contributed by atoms with van der Waals surface area (Å²) in [6.45, 7) is 9.79. The Hall–Kier alpha value is -2.41. The Morgan fingerprint density at radius 3 is 2.51 bits per heavy atom. The molecule has 0 aromatic carbocycles. The number of nitrogens with two attached hydrogens (primary N) is 1. The molecule has 1 unspecified atom stereocenters. The van der Waals surface area contributed by atoms with E-state index >= 15 is 0 Å². The number of thiophene rings is 1. The van der Waals surface area contributed by atoms with Crippen molar-refractivity contribution in [2.45, 2.75) is 35.9 Å². The van der Waals surface area contributed by atoms with Crippen LogP contribution in [0.5, 0.6) is 6.01 Å². The van der Waals surface area contributed by atoms with E-state index < -0.39 is 5.60 Å². The molecule has 2 aromatic rings. The molecule has 2 aromatic heterocycles. The van der Waals surface area contributed by atoms with Gasteiger partial charge >= 0.3 is 6.01 Å². The number of ether oxygens (including phenoxy) is 3. The quantitative estimate of drug-likeness (QED) is 0.473. The molecule has 3 saturated heterocycles. The summed E-state index contributed by atoms with van der Waals surface area (Å²) in [5, 5.41) is 21.2. The van der Waals surface area contributed by atoms with E-state index in [0.717, 1.165) is 57.0 Å². The van der Waals surface area contributed by atoms with Crippen LogP contribution in [0.4, 0.5) is 16.9 Å². The van der Waals surface area contributed by atoms with Crippen LogP contribution in [0.15, 0.2) is 0 Å². The number of nitrogens with zero attached hydrogens (tertiary/aromatic N) is 7. The normalized spacial score (nSPS) is 26.8. The molecular weight excluding hydrogens is 564 g/mol. The van der Waals surface area contributed by atoms with Crippen LogP contribution < -0.4 is 20.3 Å². The Bertz CT molecular complexity index is 1350. The van der Waals surface area contributed by atoms with Gasteiger partial charge in [-0.1, -0.05) is 0 Å². The van der Waals surface area contributed by atoms with Gasteiger partial charge in [0, 0.05) is 60.9 Å². The molecule has 5 aliphatic rings. The van der Waals surface area contributed by atoms with E-state index in [-0.39, 0.29) is 16.8 Å². The van der Waals surface area contributed by atoms with Crippen molar-refractivity contribution >= 4 is 40.0 Å². The Morgan fingerprint density at radius 1 is 1.05 bits per heavy atom. The largest absolute Gasteiger partial charge is 0.463 e. The summed E-state index contributed by atoms with van der Waals surface area (Å²) in [7, 11) is 0. The number of nitriles is 1. The first-order valence-electron chi connectivity index (χ1n) is 14.2. The number of aromatic nitrogens is 3. The molecule has 220 valence electrons. The zero-order valence-electron chi connectivity index (χ0n) is 23.3. The highest BCUT2D eigenvalue weighted by atomic mass is 32.2. The number of aliphatic hydroxyl groups is 1. The van der Waals surface area contributed by atoms with E-state index in [2.05, 4.69) is 15.9 Å². The van der Waals surface area contributed by atoms with Crippen molar-refractivity contribution in [1.29, 1.82) is 5.26 Å². The molecule has 6 heterocycles. The molecule has 1 saturated carbocycles. The van der Waals surface area contributed by atoms with Crippen LogP contribution in [-0.4, -0.2) is 109 Å². The lowest BCUT2D eigenvalue weighted by atomic mass is 9.88. The van der Waals surface area contributed by atoms with Crippen molar-refractivity contribution in [2.24, 2.45) is 5.41 Å². The highest BCUT2D eigenvalue weighted by molar-refractivity contribution is 8.00. The number of thioether (sulfide) groups is 1. The van der Waals surface area contributed by atoms with Gasteiger partial charge in [0.15, 0.2) is 0 Å². The van der Waals surface area contributed by atoms with Crippen LogP contribution in [-0.2, 0) is 20.0 Å². The molecule has 7 rings (SSSR count). The van der Waals surface area contributed by atoms with E-state index in [4.69, 9.17) is 34.9 Å². The fourth-order valence-electron chi connectivity index (χ4n) is 6.26. The van der Waals surface area contributed by atoms with Crippen molar-refractivity contribution in [3.63, 3.8) is 0 Å². The summed E-state index contributed by atoms with van der Waals surface area (Å²) in [6, 6.07) is 2.64. The number of morpholine rings is 1. The van der Waals surface area contributed by atoms with E-state index in [1.165, 1.54) is 16.2 Å². The molecule has 41 heavy (non-hydrogen) atoms. The van der Waals surface area contributed by atoms with Crippen LogP contribution in [0, 0.1) is 16.7 Å². The Kier molecular flexibility index (Phi) is 6.95. The van der Waals surface area contributed by atoms with Crippen LogP contribution in [0.25, 0.3) is 0 Å². The molecule has 12 nitrogen and oxygen atoms in total. The Balaban J connectivity index is 1.13. The minimum atomic E-state index is -1.02. The van der Waals surface area contributed by atoms with Gasteiger partial charge in [0.2, 0.25) is 11.9 Å². The summed E-state index contributed by atoms with van der Waals surface area (Å²) in [5.41, 5.74) is 6.99. The van der Waals surface area contributed by atoms with Gasteiger partial charge in [-0.15, -0.1) is 23.1 Å². The van der Waals surface area contributed by atoms with Gasteiger partial charge in [0.1, 0.15) is 16.7 Å². The first kappa shape index (κ1) is 27.4. The van der Waals surface area contributed by atoms with Crippen molar-refractivity contribution in [1.82, 2.24) is 19.9 Å². The van der Waals surface area contributed by atoms with Gasteiger partial charge in [-0.2, -0.15) is 20.2 Å². The average Bonchev–Trinajstić information content (AvgIpc) is 3.54. The van der Waals surface area contributed by atoms with Crippen LogP contribution in [0.1, 0.15) is 35.8 Å². The first-order valence-corrected chi connectivity index (χ1v) is 16.0. The summed E-state index contributed by atoms with van der Waals surface area (Å²) < 4.78 is 17.3. The van der Waals surface area contributed by atoms with Crippen LogP contribution in [0.2, 0.25) is 0 Å². The number of hydrogen-bond donors (Lipinski definition) is 2. The third-order valence-corrected chi connectivity index (χ3v) is 11.3. The van der Waals surface area contributed by atoms with Crippen molar-refractivity contribution in [3.8, 4) is 12.1 Å². The van der Waals surface area contributed by atoms with E-state index in [0.29, 0.717) is 67.9 Å². The fraction of sp³-hybridized carbons (Fsp3) is 0.704. The number of rotatable bonds is 7. The lowest BCUT2D eigenvalue weighted by Crippen LogP contribution is -2.57. The van der Waals surface area contributed by atoms with E-state index in [1.54, 1.807) is 6.92 Å². The Labute approximate surface area is 247 Å². The molecule has 14 heteroatoms. The maximum Gasteiger partial charge on any atom is 0.323 e. The van der Waals surface area contributed by atoms with Crippen LogP contribution >= 0.6 is 23.1 Å². The second kappa shape index (κ2) is 10.4. The third kappa shape index (κ3) is 5.32. The molecule has 3 N–H and O–H groups in total. The highest BCUT2D eigenvalue weighted by Gasteiger charge is 2.53. The number of nitrogen functional groups attached to an aromatic ring is 1. The lowest BCUT2D eigenvalue weighted by molar-refractivity contribution is -0.0123. The number of hydrogen-bond acceptors (Lipinski definition) is 14. The molecule has 0 amide bonds. The second-order valence-electron chi connectivity index (χ2n) is 12.3. The van der Waals surface area contributed by atoms with E-state index in [1.807, 2.05) is 16.7 Å². The van der Waals surface area contributed by atoms with Crippen LogP contribution in [0.3, 0.4) is 0 Å². The number of fused-ring (bicyclic) bond motifs is 2. The van der Waals surface area contributed by atoms with Gasteiger partial charge in [-0.05, 0) is 19.8 Å². The maximum absolute atomic E-state index is 10.8. The lowest BCUT2D eigenvalue weighted by Gasteiger charge is -2.47. The highest BCUT2D eigenvalue weighted by Crippen LogP contribution is 2.57. The average molecular weight is 601 g/mol. The van der Waals surface area contributed by atoms with Gasteiger partial charge in [0.25, 0.3) is 0 Å². The molecule has 0 radical (unpaired) electrons. The predicted molar refractivity (Wildman–Crippen MR) is 157 cm³/mol. The predicted octanol–water partition coefficient (Wildman–Crippen LogP) is 1.43. The summed E-state index contributed by atoms with van der Waals surface area (Å²) >= 11 is 3.40. The zero-order chi connectivity index (χ0) is 28.2. The molecule has 4 fully saturated rings. The SMILES string of the molecule is CC1(O)COCCN(c2nc(OCC3(CN4CCOCC4)CC3)nc(N3CC4(C3)SCc3sc(N)c(C#N)c34)n2)C1. The van der Waals surface area contributed by atoms with Gasteiger partial charge in [-0.25, -0.2) is 0 Å². The van der Waals surface area contributed by atoms with E-state index in [9.17, 15) is 10.4 Å². The monoisotopic (exact) mass is 600 g/mol. The topological polar surface area (TPSA) is 146 Å². The Morgan fingerprint density at radius 2 is 1.78 bits per heavy atom. The molecule has 0 bridgehead atoms. The molecule has 1 spiro atoms. The third-order valence-electron chi connectivity index (χ3n) is 8.68. The minimum Gasteiger partial charge on any atom is -0.463 e. The molecule has 1 atom stereocenters. The number of anilines is 3. The van der Waals surface area contributed by atoms with Crippen molar-refractivity contribution in [3.05, 3.63) is 16.0 Å². The summed E-state index contributed by atoms with van der Waals surface area (Å²) in [6.07, 6.45) is 2.25. The summed E-state index contributed by atoms with van der Waals surface area (Å²) in [4.78, 5) is 22.1. The number of β-amino-alcohol motifs (C(OH)–C–C–N with tert-alkyl or cyclic N) is 1. The molecular formula is C27H36N8O4S2. The summed E-state index contributed by atoms with van der Waals surface area (Å²) in [5.74, 6) is 1.89. The second-order valence-corrected chi connectivity index (χ2v) is 14.8. The first-order chi connectivity index (χ1) is 19.8. The molecule has 4 aliphatic heterocycles. The molecule has 1 aliphatic carbocycles. The van der Waals surface area contributed by atoms with Gasteiger partial charge in [0.05, 0.1) is 49.9 Å². The van der Waals surface area contributed by atoms with Gasteiger partial charge in [-0.3, -0.25) is 4.90 Å².